The van der Waals surface area contributed by atoms with E-state index in [4.69, 9.17) is 33.2 Å². The standard InChI is InChI=1S/C38H65NO13/c1-12-28-25(18-48-38-36(47-11)35(46-10)32(44)24(7)50-38)15-19(2)13-14-26(40)20(3)16-21(4)34(22(5)27(41)17-29(42)51-28)52-37-33(45)30(39(8)9)31(43)23(6)49-37/h13-15,20-25,27-28,30-38,41,43-45H,12,16-18H2,1-11H3/b14-13-,19-15-/t20-,21+,22+,23-,24-,25-,27-,28-,30+,31-,32-,33-,34+,35-,36-,37+,38-/m1/s1. The molecular formula is C38H65NO13. The number of esters is 1. The van der Waals surface area contributed by atoms with E-state index in [1.807, 2.05) is 33.8 Å². The average Bonchev–Trinajstić information content (AvgIpc) is 3.09. The fourth-order valence-electron chi connectivity index (χ4n) is 7.62. The summed E-state index contributed by atoms with van der Waals surface area (Å²) in [7, 11) is 6.46. The van der Waals surface area contributed by atoms with E-state index in [0.717, 1.165) is 5.57 Å². The summed E-state index contributed by atoms with van der Waals surface area (Å²) in [5.41, 5.74) is 0.750. The summed E-state index contributed by atoms with van der Waals surface area (Å²) in [6, 6.07) is -0.670. The van der Waals surface area contributed by atoms with E-state index < -0.39 is 103 Å². The Bertz CT molecular complexity index is 1200. The molecule has 2 saturated heterocycles. The molecule has 2 fully saturated rings. The second kappa shape index (κ2) is 20.2. The number of rotatable bonds is 9. The number of ether oxygens (including phenoxy) is 7. The van der Waals surface area contributed by atoms with Gasteiger partial charge >= 0.3 is 5.97 Å². The van der Waals surface area contributed by atoms with E-state index in [9.17, 15) is 30.0 Å². The molecule has 0 bridgehead atoms. The third-order valence-electron chi connectivity index (χ3n) is 10.9. The first-order chi connectivity index (χ1) is 24.4. The molecule has 0 aromatic rings. The van der Waals surface area contributed by atoms with Crippen molar-refractivity contribution in [3.8, 4) is 0 Å². The summed E-state index contributed by atoms with van der Waals surface area (Å²) in [4.78, 5) is 28.6. The van der Waals surface area contributed by atoms with Crippen molar-refractivity contribution in [1.29, 1.82) is 0 Å². The van der Waals surface area contributed by atoms with Crippen molar-refractivity contribution >= 4 is 11.8 Å². The van der Waals surface area contributed by atoms with Crippen molar-refractivity contribution in [1.82, 2.24) is 4.90 Å². The molecule has 14 nitrogen and oxygen atoms in total. The quantitative estimate of drug-likeness (QED) is 0.252. The van der Waals surface area contributed by atoms with Gasteiger partial charge in [0.2, 0.25) is 0 Å². The van der Waals surface area contributed by atoms with Crippen LogP contribution in [0.15, 0.2) is 23.8 Å². The number of methoxy groups -OCH3 is 2. The van der Waals surface area contributed by atoms with Gasteiger partial charge in [0.1, 0.15) is 30.5 Å². The lowest BCUT2D eigenvalue weighted by Crippen LogP contribution is -2.63. The second-order valence-electron chi connectivity index (χ2n) is 15.2. The third-order valence-corrected chi connectivity index (χ3v) is 10.9. The molecule has 0 aromatic carbocycles. The Kier molecular flexibility index (Phi) is 17.3. The maximum Gasteiger partial charge on any atom is 0.308 e. The second-order valence-corrected chi connectivity index (χ2v) is 15.2. The third kappa shape index (κ3) is 11.1. The highest BCUT2D eigenvalue weighted by Crippen LogP contribution is 2.33. The number of hydrogen-bond acceptors (Lipinski definition) is 14. The fraction of sp³-hybridized carbons (Fsp3) is 0.842. The number of ketones is 1. The number of likely N-dealkylation sites (N-methyl/N-ethyl adjacent to an activating group) is 1. The van der Waals surface area contributed by atoms with Crippen LogP contribution in [-0.4, -0.2) is 152 Å². The van der Waals surface area contributed by atoms with Crippen molar-refractivity contribution in [2.24, 2.45) is 23.7 Å². The average molecular weight is 744 g/mol. The number of aliphatic hydroxyl groups excluding tert-OH is 4. The van der Waals surface area contributed by atoms with Crippen LogP contribution in [-0.2, 0) is 42.7 Å². The Labute approximate surface area is 309 Å². The molecule has 14 heteroatoms. The van der Waals surface area contributed by atoms with Crippen LogP contribution < -0.4 is 0 Å². The molecule has 52 heavy (non-hydrogen) atoms. The van der Waals surface area contributed by atoms with Gasteiger partial charge in [-0.2, -0.15) is 0 Å². The van der Waals surface area contributed by atoms with E-state index in [-0.39, 0.29) is 24.7 Å². The number of aliphatic hydroxyl groups is 4. The summed E-state index contributed by atoms with van der Waals surface area (Å²) < 4.78 is 41.7. The normalized spacial score (nSPS) is 44.9. The molecule has 0 amide bonds. The lowest BCUT2D eigenvalue weighted by Gasteiger charge is -2.46. The first kappa shape index (κ1) is 44.6. The molecule has 4 N–H and O–H groups in total. The number of carbonyl (C=O) groups excluding carboxylic acids is 2. The molecule has 17 atom stereocenters. The summed E-state index contributed by atoms with van der Waals surface area (Å²) in [6.07, 6.45) is -4.78. The zero-order valence-corrected chi connectivity index (χ0v) is 32.8. The van der Waals surface area contributed by atoms with Gasteiger partial charge in [-0.1, -0.05) is 45.4 Å². The van der Waals surface area contributed by atoms with Crippen molar-refractivity contribution in [3.63, 3.8) is 0 Å². The minimum atomic E-state index is -1.21. The summed E-state index contributed by atoms with van der Waals surface area (Å²) in [5, 5.41) is 44.0. The zero-order chi connectivity index (χ0) is 39.0. The predicted molar refractivity (Wildman–Crippen MR) is 191 cm³/mol. The maximum absolute atomic E-state index is 13.5. The Morgan fingerprint density at radius 2 is 1.46 bits per heavy atom. The van der Waals surface area contributed by atoms with Gasteiger partial charge < -0.3 is 58.5 Å². The van der Waals surface area contributed by atoms with E-state index in [1.54, 1.807) is 45.8 Å². The molecular weight excluding hydrogens is 678 g/mol. The van der Waals surface area contributed by atoms with E-state index >= 15 is 0 Å². The molecule has 0 radical (unpaired) electrons. The summed E-state index contributed by atoms with van der Waals surface area (Å²) >= 11 is 0. The number of cyclic esters (lactones) is 1. The van der Waals surface area contributed by atoms with Gasteiger partial charge in [0.25, 0.3) is 0 Å². The molecule has 3 rings (SSSR count). The summed E-state index contributed by atoms with van der Waals surface area (Å²) in [5.74, 6) is -2.56. The highest BCUT2D eigenvalue weighted by Gasteiger charge is 2.47. The van der Waals surface area contributed by atoms with Gasteiger partial charge in [-0.15, -0.1) is 0 Å². The van der Waals surface area contributed by atoms with Crippen LogP contribution in [0.2, 0.25) is 0 Å². The van der Waals surface area contributed by atoms with E-state index in [0.29, 0.717) is 12.8 Å². The molecule has 3 aliphatic rings. The molecule has 0 aliphatic carbocycles. The minimum Gasteiger partial charge on any atom is -0.462 e. The monoisotopic (exact) mass is 743 g/mol. The number of hydrogen-bond donors (Lipinski definition) is 4. The minimum absolute atomic E-state index is 0.0439. The van der Waals surface area contributed by atoms with Gasteiger partial charge in [0, 0.05) is 32.0 Å². The molecule has 0 spiro atoms. The van der Waals surface area contributed by atoms with Crippen LogP contribution in [0.3, 0.4) is 0 Å². The molecule has 0 aromatic heterocycles. The highest BCUT2D eigenvalue weighted by atomic mass is 16.7. The fourth-order valence-corrected chi connectivity index (χ4v) is 7.62. The lowest BCUT2D eigenvalue weighted by molar-refractivity contribution is -0.304. The predicted octanol–water partition coefficient (Wildman–Crippen LogP) is 1.99. The largest absolute Gasteiger partial charge is 0.462 e. The van der Waals surface area contributed by atoms with E-state index in [2.05, 4.69) is 0 Å². The molecule has 3 heterocycles. The van der Waals surface area contributed by atoms with Crippen LogP contribution in [0.1, 0.15) is 67.7 Å². The van der Waals surface area contributed by atoms with Gasteiger partial charge in [0.15, 0.2) is 18.4 Å². The lowest BCUT2D eigenvalue weighted by atomic mass is 9.82. The van der Waals surface area contributed by atoms with Gasteiger partial charge in [-0.05, 0) is 59.7 Å². The zero-order valence-electron chi connectivity index (χ0n) is 32.8. The SMILES string of the molecule is CC[C@H]1OC(=O)C[C@@H](O)[C@H](C)[C@@H](O[C@@H]2O[C@H](C)[C@@H](O)[C@H](N(C)C)[C@H]2O)[C@@H](C)C[C@@H](C)C(=O)/C=C\C(C)=C/[C@@H]1CO[C@@H]1O[C@H](C)[C@@H](O)[C@@H](OC)[C@H]1OC. The van der Waals surface area contributed by atoms with Gasteiger partial charge in [-0.3, -0.25) is 9.59 Å². The molecule has 3 aliphatic heterocycles. The van der Waals surface area contributed by atoms with Crippen LogP contribution in [0.25, 0.3) is 0 Å². The van der Waals surface area contributed by atoms with Crippen LogP contribution in [0.5, 0.6) is 0 Å². The number of allylic oxidation sites excluding steroid dienone is 3. The smallest absolute Gasteiger partial charge is 0.308 e. The highest BCUT2D eigenvalue weighted by molar-refractivity contribution is 5.91. The Morgan fingerprint density at radius 3 is 2.06 bits per heavy atom. The van der Waals surface area contributed by atoms with Gasteiger partial charge in [0.05, 0.1) is 49.6 Å². The Morgan fingerprint density at radius 1 is 0.846 bits per heavy atom. The molecule has 0 unspecified atom stereocenters. The number of carbonyl (C=O) groups is 2. The maximum atomic E-state index is 13.5. The Balaban J connectivity index is 1.90. The van der Waals surface area contributed by atoms with Crippen molar-refractivity contribution < 1.29 is 63.2 Å². The Hall–Kier alpha value is -1.82. The van der Waals surface area contributed by atoms with Gasteiger partial charge in [-0.25, -0.2) is 0 Å². The van der Waals surface area contributed by atoms with Crippen molar-refractivity contribution in [3.05, 3.63) is 23.8 Å². The van der Waals surface area contributed by atoms with E-state index in [1.165, 1.54) is 20.3 Å². The van der Waals surface area contributed by atoms with Crippen molar-refractivity contribution in [2.75, 3.05) is 34.9 Å². The van der Waals surface area contributed by atoms with Crippen molar-refractivity contribution in [2.45, 2.75) is 147 Å². The van der Waals surface area contributed by atoms with Crippen LogP contribution in [0, 0.1) is 23.7 Å². The first-order valence-corrected chi connectivity index (χ1v) is 18.6. The molecule has 0 saturated carbocycles. The van der Waals surface area contributed by atoms with Crippen LogP contribution >= 0.6 is 0 Å². The molecule has 300 valence electrons. The number of nitrogens with zero attached hydrogens (tertiary/aromatic N) is 1. The summed E-state index contributed by atoms with van der Waals surface area (Å²) in [6.45, 7) is 12.7. The van der Waals surface area contributed by atoms with Crippen LogP contribution in [0.4, 0.5) is 0 Å². The first-order valence-electron chi connectivity index (χ1n) is 18.6. The topological polar surface area (TPSA) is 183 Å².